The van der Waals surface area contributed by atoms with Crippen LogP contribution in [0.5, 0.6) is 0 Å². The zero-order valence-corrected chi connectivity index (χ0v) is 7.20. The van der Waals surface area contributed by atoms with E-state index in [4.69, 9.17) is 0 Å². The first kappa shape index (κ1) is 8.27. The molecule has 1 aromatic rings. The monoisotopic (exact) mass is 154 g/mol. The van der Waals surface area contributed by atoms with Crippen LogP contribution in [0, 0.1) is 6.92 Å². The van der Waals surface area contributed by atoms with Gasteiger partial charge in [0.25, 0.3) is 0 Å². The zero-order valence-electron chi connectivity index (χ0n) is 7.20. The highest BCUT2D eigenvalue weighted by atomic mass is 16.3. The fraction of sp³-hybridized carbons (Fsp3) is 0.625. The molecule has 0 spiro atoms. The molecule has 3 nitrogen and oxygen atoms in total. The molecule has 62 valence electrons. The third kappa shape index (κ3) is 2.72. The molecule has 1 aromatic heterocycles. The molecular formula is C8H14N2O. The number of aryl methyl sites for hydroxylation is 1. The SMILES string of the molecule is Cc1cn(CC(C)(C)O)cn1. The predicted octanol–water partition coefficient (Wildman–Crippen LogP) is 0.962. The Morgan fingerprint density at radius 1 is 1.64 bits per heavy atom. The Morgan fingerprint density at radius 3 is 2.64 bits per heavy atom. The van der Waals surface area contributed by atoms with Crippen molar-refractivity contribution in [2.45, 2.75) is 32.9 Å². The average Bonchev–Trinajstić information content (AvgIpc) is 2.10. The van der Waals surface area contributed by atoms with Crippen LogP contribution in [0.25, 0.3) is 0 Å². The third-order valence-corrected chi connectivity index (χ3v) is 1.33. The number of nitrogens with zero attached hydrogens (tertiary/aromatic N) is 2. The normalized spacial score (nSPS) is 12.0. The minimum Gasteiger partial charge on any atom is -0.389 e. The van der Waals surface area contributed by atoms with Gasteiger partial charge < -0.3 is 9.67 Å². The van der Waals surface area contributed by atoms with Crippen LogP contribution >= 0.6 is 0 Å². The highest BCUT2D eigenvalue weighted by Gasteiger charge is 2.12. The van der Waals surface area contributed by atoms with Gasteiger partial charge in [0.15, 0.2) is 0 Å². The van der Waals surface area contributed by atoms with Crippen molar-refractivity contribution in [1.82, 2.24) is 9.55 Å². The van der Waals surface area contributed by atoms with Gasteiger partial charge in [0.2, 0.25) is 0 Å². The lowest BCUT2D eigenvalue weighted by atomic mass is 10.1. The van der Waals surface area contributed by atoms with Gasteiger partial charge in [-0.1, -0.05) is 0 Å². The fourth-order valence-electron chi connectivity index (χ4n) is 1.01. The van der Waals surface area contributed by atoms with Crippen molar-refractivity contribution >= 4 is 0 Å². The van der Waals surface area contributed by atoms with Crippen molar-refractivity contribution in [3.05, 3.63) is 18.2 Å². The summed E-state index contributed by atoms with van der Waals surface area (Å²) in [5, 5.41) is 9.43. The minimum atomic E-state index is -0.660. The molecule has 0 fully saturated rings. The molecule has 0 aliphatic heterocycles. The van der Waals surface area contributed by atoms with Crippen molar-refractivity contribution < 1.29 is 5.11 Å². The second-order valence-corrected chi connectivity index (χ2v) is 3.50. The maximum Gasteiger partial charge on any atom is 0.0950 e. The summed E-state index contributed by atoms with van der Waals surface area (Å²) in [6.45, 7) is 6.08. The quantitative estimate of drug-likeness (QED) is 0.689. The maximum absolute atomic E-state index is 9.43. The molecule has 0 aliphatic carbocycles. The number of aromatic nitrogens is 2. The molecule has 0 radical (unpaired) electrons. The Hall–Kier alpha value is -0.830. The molecule has 3 heteroatoms. The van der Waals surface area contributed by atoms with Crippen molar-refractivity contribution in [2.24, 2.45) is 0 Å². The van der Waals surface area contributed by atoms with Gasteiger partial charge in [-0.25, -0.2) is 4.98 Å². The first-order chi connectivity index (χ1) is 4.97. The molecule has 1 heterocycles. The highest BCUT2D eigenvalue weighted by Crippen LogP contribution is 2.05. The first-order valence-electron chi connectivity index (χ1n) is 3.68. The first-order valence-corrected chi connectivity index (χ1v) is 3.68. The van der Waals surface area contributed by atoms with Crippen LogP contribution in [-0.2, 0) is 6.54 Å². The smallest absolute Gasteiger partial charge is 0.0950 e. The van der Waals surface area contributed by atoms with Crippen LogP contribution in [0.15, 0.2) is 12.5 Å². The zero-order chi connectivity index (χ0) is 8.48. The van der Waals surface area contributed by atoms with Gasteiger partial charge in [-0.05, 0) is 20.8 Å². The fourth-order valence-corrected chi connectivity index (χ4v) is 1.01. The van der Waals surface area contributed by atoms with E-state index in [1.807, 2.05) is 17.7 Å². The van der Waals surface area contributed by atoms with Crippen LogP contribution in [0.2, 0.25) is 0 Å². The molecule has 0 saturated carbocycles. The Kier molecular flexibility index (Phi) is 2.00. The molecule has 0 bridgehead atoms. The van der Waals surface area contributed by atoms with E-state index < -0.39 is 5.60 Å². The van der Waals surface area contributed by atoms with E-state index in [1.54, 1.807) is 20.2 Å². The Morgan fingerprint density at radius 2 is 2.27 bits per heavy atom. The number of imidazole rings is 1. The van der Waals surface area contributed by atoms with Gasteiger partial charge in [0, 0.05) is 6.20 Å². The van der Waals surface area contributed by atoms with Crippen LogP contribution in [0.3, 0.4) is 0 Å². The molecule has 1 N–H and O–H groups in total. The molecule has 0 unspecified atom stereocenters. The molecule has 11 heavy (non-hydrogen) atoms. The topological polar surface area (TPSA) is 38.0 Å². The maximum atomic E-state index is 9.43. The van der Waals surface area contributed by atoms with E-state index in [2.05, 4.69) is 4.98 Å². The minimum absolute atomic E-state index is 0.591. The highest BCUT2D eigenvalue weighted by molar-refractivity contribution is 4.93. The average molecular weight is 154 g/mol. The Bertz CT molecular complexity index is 234. The lowest BCUT2D eigenvalue weighted by molar-refractivity contribution is 0.0615. The van der Waals surface area contributed by atoms with Gasteiger partial charge in [-0.3, -0.25) is 0 Å². The van der Waals surface area contributed by atoms with E-state index in [0.29, 0.717) is 6.54 Å². The van der Waals surface area contributed by atoms with Crippen LogP contribution < -0.4 is 0 Å². The lowest BCUT2D eigenvalue weighted by Crippen LogP contribution is -2.25. The van der Waals surface area contributed by atoms with Gasteiger partial charge in [-0.15, -0.1) is 0 Å². The summed E-state index contributed by atoms with van der Waals surface area (Å²) in [6, 6.07) is 0. The summed E-state index contributed by atoms with van der Waals surface area (Å²) >= 11 is 0. The van der Waals surface area contributed by atoms with E-state index in [0.717, 1.165) is 5.69 Å². The van der Waals surface area contributed by atoms with Crippen LogP contribution in [-0.4, -0.2) is 20.3 Å². The second-order valence-electron chi connectivity index (χ2n) is 3.50. The lowest BCUT2D eigenvalue weighted by Gasteiger charge is -2.16. The van der Waals surface area contributed by atoms with Crippen molar-refractivity contribution in [2.75, 3.05) is 0 Å². The largest absolute Gasteiger partial charge is 0.389 e. The third-order valence-electron chi connectivity index (χ3n) is 1.33. The summed E-state index contributed by atoms with van der Waals surface area (Å²) in [6.07, 6.45) is 3.64. The molecule has 0 atom stereocenters. The molecule has 0 amide bonds. The molecule has 0 aromatic carbocycles. The van der Waals surface area contributed by atoms with E-state index in [9.17, 15) is 5.11 Å². The van der Waals surface area contributed by atoms with E-state index >= 15 is 0 Å². The van der Waals surface area contributed by atoms with Crippen LogP contribution in [0.1, 0.15) is 19.5 Å². The van der Waals surface area contributed by atoms with Crippen molar-refractivity contribution in [3.63, 3.8) is 0 Å². The van der Waals surface area contributed by atoms with E-state index in [-0.39, 0.29) is 0 Å². The Labute approximate surface area is 66.7 Å². The van der Waals surface area contributed by atoms with E-state index in [1.165, 1.54) is 0 Å². The van der Waals surface area contributed by atoms with Gasteiger partial charge in [0.1, 0.15) is 0 Å². The predicted molar refractivity (Wildman–Crippen MR) is 43.3 cm³/mol. The van der Waals surface area contributed by atoms with Crippen LogP contribution in [0.4, 0.5) is 0 Å². The molecule has 1 rings (SSSR count). The summed E-state index contributed by atoms with van der Waals surface area (Å²) in [7, 11) is 0. The van der Waals surface area contributed by atoms with Gasteiger partial charge in [-0.2, -0.15) is 0 Å². The number of rotatable bonds is 2. The number of hydrogen-bond acceptors (Lipinski definition) is 2. The summed E-state index contributed by atoms with van der Waals surface area (Å²) in [5.41, 5.74) is 0.321. The number of hydrogen-bond donors (Lipinski definition) is 1. The second kappa shape index (κ2) is 2.66. The molecule has 0 aliphatic rings. The van der Waals surface area contributed by atoms with Gasteiger partial charge in [0.05, 0.1) is 24.2 Å². The molecule has 0 saturated heterocycles. The van der Waals surface area contributed by atoms with Gasteiger partial charge >= 0.3 is 0 Å². The summed E-state index contributed by atoms with van der Waals surface area (Å²) < 4.78 is 1.88. The summed E-state index contributed by atoms with van der Waals surface area (Å²) in [5.74, 6) is 0. The van der Waals surface area contributed by atoms with Crippen molar-refractivity contribution in [1.29, 1.82) is 0 Å². The summed E-state index contributed by atoms with van der Waals surface area (Å²) in [4.78, 5) is 4.05. The number of aliphatic hydroxyl groups is 1. The van der Waals surface area contributed by atoms with Crippen molar-refractivity contribution in [3.8, 4) is 0 Å². The Balaban J connectivity index is 2.65. The standard InChI is InChI=1S/C8H14N2O/c1-7-4-10(6-9-7)5-8(2,3)11/h4,6,11H,5H2,1-3H3. The molecular weight excluding hydrogens is 140 g/mol.